The van der Waals surface area contributed by atoms with Crippen LogP contribution in [0.5, 0.6) is 0 Å². The zero-order chi connectivity index (χ0) is 13.4. The minimum atomic E-state index is 0.713. The fourth-order valence-corrected chi connectivity index (χ4v) is 2.57. The number of amides is 1. The zero-order valence-electron chi connectivity index (χ0n) is 10.9. The Morgan fingerprint density at radius 2 is 2.21 bits per heavy atom. The summed E-state index contributed by atoms with van der Waals surface area (Å²) in [5, 5.41) is 5.09. The fraction of sp³-hybridized carbons (Fsp3) is 0.200. The molecule has 0 saturated carbocycles. The number of aryl methyl sites for hydroxylation is 2. The molecule has 4 nitrogen and oxygen atoms in total. The van der Waals surface area contributed by atoms with E-state index in [-0.39, 0.29) is 0 Å². The molecule has 1 aromatic carbocycles. The van der Waals surface area contributed by atoms with Crippen LogP contribution in [0.2, 0.25) is 0 Å². The first-order valence-electron chi connectivity index (χ1n) is 6.33. The molecule has 2 aromatic heterocycles. The standard InChI is InChI=1S/C15H15N3O/c1-3-10-4-11-14-9(2)6-16-7-13(14)18-15(11)12(5-10)17-8-19/h4-8,18H,3H2,1-2H3,(H,17,19). The van der Waals surface area contributed by atoms with E-state index in [0.717, 1.165) is 34.1 Å². The van der Waals surface area contributed by atoms with Gasteiger partial charge in [0.15, 0.2) is 0 Å². The van der Waals surface area contributed by atoms with Crippen LogP contribution in [-0.4, -0.2) is 16.4 Å². The first-order valence-corrected chi connectivity index (χ1v) is 6.33. The fourth-order valence-electron chi connectivity index (χ4n) is 2.57. The quantitative estimate of drug-likeness (QED) is 0.704. The number of hydrogen-bond donors (Lipinski definition) is 2. The van der Waals surface area contributed by atoms with Crippen LogP contribution < -0.4 is 5.32 Å². The van der Waals surface area contributed by atoms with Gasteiger partial charge in [-0.2, -0.15) is 0 Å². The topological polar surface area (TPSA) is 57.8 Å². The van der Waals surface area contributed by atoms with E-state index in [1.807, 2.05) is 25.4 Å². The number of anilines is 1. The van der Waals surface area contributed by atoms with E-state index in [1.54, 1.807) is 0 Å². The van der Waals surface area contributed by atoms with Crippen molar-refractivity contribution in [2.45, 2.75) is 20.3 Å². The zero-order valence-corrected chi connectivity index (χ0v) is 10.9. The van der Waals surface area contributed by atoms with Crippen LogP contribution in [-0.2, 0) is 11.2 Å². The van der Waals surface area contributed by atoms with Gasteiger partial charge in [-0.05, 0) is 36.6 Å². The molecule has 3 rings (SSSR count). The maximum atomic E-state index is 10.8. The summed E-state index contributed by atoms with van der Waals surface area (Å²) in [6.45, 7) is 4.16. The predicted molar refractivity (Wildman–Crippen MR) is 77.4 cm³/mol. The molecule has 0 aliphatic rings. The Kier molecular flexibility index (Phi) is 2.71. The number of carbonyl (C=O) groups is 1. The van der Waals surface area contributed by atoms with Crippen LogP contribution in [0.4, 0.5) is 5.69 Å². The second-order valence-electron chi connectivity index (χ2n) is 4.69. The smallest absolute Gasteiger partial charge is 0.211 e. The highest BCUT2D eigenvalue weighted by Gasteiger charge is 2.11. The Hall–Kier alpha value is -2.36. The van der Waals surface area contributed by atoms with Gasteiger partial charge in [-0.1, -0.05) is 6.92 Å². The Morgan fingerprint density at radius 1 is 1.37 bits per heavy atom. The van der Waals surface area contributed by atoms with Crippen molar-refractivity contribution in [1.82, 2.24) is 9.97 Å². The summed E-state index contributed by atoms with van der Waals surface area (Å²) in [7, 11) is 0. The molecule has 2 N–H and O–H groups in total. The van der Waals surface area contributed by atoms with E-state index >= 15 is 0 Å². The van der Waals surface area contributed by atoms with Crippen LogP contribution in [0.25, 0.3) is 21.8 Å². The van der Waals surface area contributed by atoms with Crippen molar-refractivity contribution in [3.8, 4) is 0 Å². The molecule has 0 radical (unpaired) electrons. The lowest BCUT2D eigenvalue weighted by atomic mass is 10.0. The van der Waals surface area contributed by atoms with E-state index < -0.39 is 0 Å². The maximum Gasteiger partial charge on any atom is 0.211 e. The maximum absolute atomic E-state index is 10.8. The molecule has 0 spiro atoms. The molecule has 0 bridgehead atoms. The van der Waals surface area contributed by atoms with Gasteiger partial charge in [-0.15, -0.1) is 0 Å². The van der Waals surface area contributed by atoms with E-state index in [4.69, 9.17) is 0 Å². The lowest BCUT2D eigenvalue weighted by Gasteiger charge is -2.05. The van der Waals surface area contributed by atoms with Gasteiger partial charge in [0.05, 0.1) is 22.9 Å². The van der Waals surface area contributed by atoms with Crippen molar-refractivity contribution in [2.75, 3.05) is 5.32 Å². The normalized spacial score (nSPS) is 11.1. The number of benzene rings is 1. The van der Waals surface area contributed by atoms with Crippen LogP contribution in [0.15, 0.2) is 24.5 Å². The Bertz CT molecular complexity index is 774. The van der Waals surface area contributed by atoms with Crippen molar-refractivity contribution < 1.29 is 4.79 Å². The van der Waals surface area contributed by atoms with Crippen molar-refractivity contribution in [1.29, 1.82) is 0 Å². The van der Waals surface area contributed by atoms with Gasteiger partial charge >= 0.3 is 0 Å². The van der Waals surface area contributed by atoms with Crippen LogP contribution in [0.1, 0.15) is 18.1 Å². The first kappa shape index (κ1) is 11.7. The molecule has 0 aliphatic heterocycles. The second kappa shape index (κ2) is 4.39. The summed E-state index contributed by atoms with van der Waals surface area (Å²) in [5.74, 6) is 0. The molecular formula is C15H15N3O. The summed E-state index contributed by atoms with van der Waals surface area (Å²) in [6, 6.07) is 4.19. The van der Waals surface area contributed by atoms with E-state index in [1.165, 1.54) is 10.9 Å². The number of hydrogen-bond acceptors (Lipinski definition) is 2. The lowest BCUT2D eigenvalue weighted by molar-refractivity contribution is -0.105. The molecule has 2 heterocycles. The van der Waals surface area contributed by atoms with Crippen LogP contribution in [0.3, 0.4) is 0 Å². The van der Waals surface area contributed by atoms with Crippen LogP contribution in [0, 0.1) is 6.92 Å². The third-order valence-electron chi connectivity index (χ3n) is 3.49. The molecule has 0 atom stereocenters. The number of nitrogens with zero attached hydrogens (tertiary/aromatic N) is 1. The van der Waals surface area contributed by atoms with Crippen molar-refractivity contribution in [2.24, 2.45) is 0 Å². The number of aromatic nitrogens is 2. The van der Waals surface area contributed by atoms with Gasteiger partial charge in [0, 0.05) is 17.0 Å². The summed E-state index contributed by atoms with van der Waals surface area (Å²) in [6.07, 6.45) is 5.32. The number of pyridine rings is 1. The predicted octanol–water partition coefficient (Wildman–Crippen LogP) is 3.16. The molecule has 96 valence electrons. The monoisotopic (exact) mass is 253 g/mol. The highest BCUT2D eigenvalue weighted by molar-refractivity contribution is 6.13. The van der Waals surface area contributed by atoms with Crippen molar-refractivity contribution >= 4 is 33.9 Å². The van der Waals surface area contributed by atoms with Crippen molar-refractivity contribution in [3.05, 3.63) is 35.7 Å². The molecule has 0 fully saturated rings. The summed E-state index contributed by atoms with van der Waals surface area (Å²) in [4.78, 5) is 18.3. The molecule has 3 aromatic rings. The Balaban J connectivity index is 2.46. The van der Waals surface area contributed by atoms with Gasteiger partial charge in [-0.3, -0.25) is 9.78 Å². The van der Waals surface area contributed by atoms with Gasteiger partial charge < -0.3 is 10.3 Å². The van der Waals surface area contributed by atoms with Crippen LogP contribution >= 0.6 is 0 Å². The first-order chi connectivity index (χ1) is 9.24. The minimum Gasteiger partial charge on any atom is -0.352 e. The highest BCUT2D eigenvalue weighted by atomic mass is 16.1. The number of fused-ring (bicyclic) bond motifs is 3. The van der Waals surface area contributed by atoms with Gasteiger partial charge in [0.1, 0.15) is 0 Å². The highest BCUT2D eigenvalue weighted by Crippen LogP contribution is 2.33. The molecule has 0 saturated heterocycles. The second-order valence-corrected chi connectivity index (χ2v) is 4.69. The number of nitrogens with one attached hydrogen (secondary N) is 2. The number of carbonyl (C=O) groups excluding carboxylic acids is 1. The molecule has 4 heteroatoms. The molecule has 1 amide bonds. The average molecular weight is 253 g/mol. The molecular weight excluding hydrogens is 238 g/mol. The van der Waals surface area contributed by atoms with E-state index in [9.17, 15) is 4.79 Å². The Labute approximate surface area is 110 Å². The van der Waals surface area contributed by atoms with Crippen molar-refractivity contribution in [3.63, 3.8) is 0 Å². The largest absolute Gasteiger partial charge is 0.352 e. The summed E-state index contributed by atoms with van der Waals surface area (Å²) < 4.78 is 0. The third kappa shape index (κ3) is 1.76. The van der Waals surface area contributed by atoms with Gasteiger partial charge in [0.25, 0.3) is 0 Å². The number of H-pyrrole nitrogens is 1. The molecule has 0 aliphatic carbocycles. The van der Waals surface area contributed by atoms with E-state index in [0.29, 0.717) is 6.41 Å². The van der Waals surface area contributed by atoms with Gasteiger partial charge in [0.2, 0.25) is 6.41 Å². The lowest BCUT2D eigenvalue weighted by Crippen LogP contribution is -1.96. The molecule has 0 unspecified atom stereocenters. The summed E-state index contributed by atoms with van der Waals surface area (Å²) in [5.41, 5.74) is 5.11. The average Bonchev–Trinajstić information content (AvgIpc) is 2.79. The third-order valence-corrected chi connectivity index (χ3v) is 3.49. The SMILES string of the molecule is CCc1cc(NC=O)c2[nH]c3cncc(C)c3c2c1. The Morgan fingerprint density at radius 3 is 2.95 bits per heavy atom. The van der Waals surface area contributed by atoms with E-state index in [2.05, 4.69) is 28.3 Å². The number of aromatic amines is 1. The summed E-state index contributed by atoms with van der Waals surface area (Å²) >= 11 is 0. The minimum absolute atomic E-state index is 0.713. The number of rotatable bonds is 3. The molecule has 19 heavy (non-hydrogen) atoms. The van der Waals surface area contributed by atoms with Gasteiger partial charge in [-0.25, -0.2) is 0 Å².